The summed E-state index contributed by atoms with van der Waals surface area (Å²) >= 11 is 0. The summed E-state index contributed by atoms with van der Waals surface area (Å²) in [5.74, 6) is 0. The van der Waals surface area contributed by atoms with E-state index in [0.717, 1.165) is 17.6 Å². The van der Waals surface area contributed by atoms with Crippen molar-refractivity contribution in [2.24, 2.45) is 5.73 Å². The Morgan fingerprint density at radius 2 is 1.62 bits per heavy atom. The molecule has 2 N–H and O–H groups in total. The number of fused-ring (bicyclic) bond motifs is 3. The zero-order chi connectivity index (χ0) is 16.5. The molecule has 0 amide bonds. The maximum absolute atomic E-state index is 6.31. The average molecular weight is 312 g/mol. The van der Waals surface area contributed by atoms with Crippen molar-refractivity contribution in [2.45, 2.75) is 19.4 Å². The maximum Gasteiger partial charge on any atom is 0.0790 e. The molecule has 1 atom stereocenters. The Labute approximate surface area is 142 Å². The van der Waals surface area contributed by atoms with Crippen LogP contribution in [0.15, 0.2) is 72.8 Å². The SMILES string of the molecule is CCC(N)c1cc(-c2ccccc2)c2ccc3ccccc3c2n1. The molecule has 0 fully saturated rings. The monoisotopic (exact) mass is 312 g/mol. The maximum atomic E-state index is 6.31. The van der Waals surface area contributed by atoms with E-state index in [1.807, 2.05) is 6.07 Å². The molecule has 0 saturated carbocycles. The van der Waals surface area contributed by atoms with E-state index >= 15 is 0 Å². The molecular weight excluding hydrogens is 292 g/mol. The van der Waals surface area contributed by atoms with Crippen LogP contribution in [-0.4, -0.2) is 4.98 Å². The largest absolute Gasteiger partial charge is 0.323 e. The van der Waals surface area contributed by atoms with Gasteiger partial charge >= 0.3 is 0 Å². The molecule has 0 spiro atoms. The van der Waals surface area contributed by atoms with Crippen molar-refractivity contribution < 1.29 is 0 Å². The number of pyridine rings is 1. The van der Waals surface area contributed by atoms with Crippen molar-refractivity contribution in [3.8, 4) is 11.1 Å². The highest BCUT2D eigenvalue weighted by Crippen LogP contribution is 2.34. The van der Waals surface area contributed by atoms with Crippen LogP contribution in [0.1, 0.15) is 25.1 Å². The zero-order valence-corrected chi connectivity index (χ0v) is 13.7. The molecule has 0 aliphatic rings. The van der Waals surface area contributed by atoms with Crippen LogP contribution >= 0.6 is 0 Å². The van der Waals surface area contributed by atoms with Gasteiger partial charge in [0, 0.05) is 16.8 Å². The Kier molecular flexibility index (Phi) is 3.75. The lowest BCUT2D eigenvalue weighted by molar-refractivity contribution is 0.679. The number of nitrogens with two attached hydrogens (primary N) is 1. The smallest absolute Gasteiger partial charge is 0.0790 e. The molecule has 24 heavy (non-hydrogen) atoms. The Hall–Kier alpha value is -2.71. The first-order valence-corrected chi connectivity index (χ1v) is 8.41. The molecule has 1 unspecified atom stereocenters. The second-order valence-corrected chi connectivity index (χ2v) is 6.16. The number of rotatable bonds is 3. The number of aromatic nitrogens is 1. The van der Waals surface area contributed by atoms with Crippen molar-refractivity contribution in [1.29, 1.82) is 0 Å². The molecule has 0 bridgehead atoms. The van der Waals surface area contributed by atoms with E-state index in [4.69, 9.17) is 10.7 Å². The average Bonchev–Trinajstić information content (AvgIpc) is 2.67. The lowest BCUT2D eigenvalue weighted by atomic mass is 9.96. The van der Waals surface area contributed by atoms with E-state index in [9.17, 15) is 0 Å². The highest BCUT2D eigenvalue weighted by Gasteiger charge is 2.13. The lowest BCUT2D eigenvalue weighted by Gasteiger charge is -2.15. The third kappa shape index (κ3) is 2.45. The van der Waals surface area contributed by atoms with E-state index < -0.39 is 0 Å². The summed E-state index contributed by atoms with van der Waals surface area (Å²) in [4.78, 5) is 4.94. The van der Waals surface area contributed by atoms with Gasteiger partial charge in [-0.1, -0.05) is 73.7 Å². The zero-order valence-electron chi connectivity index (χ0n) is 13.7. The summed E-state index contributed by atoms with van der Waals surface area (Å²) in [7, 11) is 0. The van der Waals surface area contributed by atoms with Crippen LogP contribution in [0.5, 0.6) is 0 Å². The summed E-state index contributed by atoms with van der Waals surface area (Å²) in [5.41, 5.74) is 10.7. The van der Waals surface area contributed by atoms with E-state index in [1.165, 1.54) is 27.3 Å². The fourth-order valence-electron chi connectivity index (χ4n) is 3.24. The van der Waals surface area contributed by atoms with Crippen LogP contribution in [-0.2, 0) is 0 Å². The minimum atomic E-state index is -0.0455. The quantitative estimate of drug-likeness (QED) is 0.510. The first-order chi connectivity index (χ1) is 11.8. The van der Waals surface area contributed by atoms with Crippen LogP contribution in [0.25, 0.3) is 32.8 Å². The molecule has 118 valence electrons. The number of benzene rings is 3. The predicted molar refractivity (Wildman–Crippen MR) is 102 cm³/mol. The number of nitrogens with zero attached hydrogens (tertiary/aromatic N) is 1. The second-order valence-electron chi connectivity index (χ2n) is 6.16. The van der Waals surface area contributed by atoms with Gasteiger partial charge in [0.25, 0.3) is 0 Å². The fraction of sp³-hybridized carbons (Fsp3) is 0.136. The Morgan fingerprint density at radius 1 is 0.875 bits per heavy atom. The normalized spacial score (nSPS) is 12.6. The fourth-order valence-corrected chi connectivity index (χ4v) is 3.24. The molecule has 0 saturated heterocycles. The van der Waals surface area contributed by atoms with E-state index in [1.54, 1.807) is 0 Å². The number of hydrogen-bond donors (Lipinski definition) is 1. The van der Waals surface area contributed by atoms with Gasteiger partial charge in [0.1, 0.15) is 0 Å². The highest BCUT2D eigenvalue weighted by molar-refractivity contribution is 6.10. The molecule has 0 aliphatic heterocycles. The van der Waals surface area contributed by atoms with Crippen molar-refractivity contribution in [2.75, 3.05) is 0 Å². The summed E-state index contributed by atoms with van der Waals surface area (Å²) in [5, 5.41) is 3.56. The van der Waals surface area contributed by atoms with E-state index in [2.05, 4.69) is 73.7 Å². The molecule has 1 aromatic heterocycles. The van der Waals surface area contributed by atoms with Crippen LogP contribution < -0.4 is 5.73 Å². The van der Waals surface area contributed by atoms with Gasteiger partial charge in [-0.25, -0.2) is 0 Å². The highest BCUT2D eigenvalue weighted by atomic mass is 14.8. The van der Waals surface area contributed by atoms with Crippen LogP contribution in [0, 0.1) is 0 Å². The Balaban J connectivity index is 2.12. The Morgan fingerprint density at radius 3 is 2.42 bits per heavy atom. The molecule has 0 radical (unpaired) electrons. The van der Waals surface area contributed by atoms with E-state index in [0.29, 0.717) is 0 Å². The molecule has 4 rings (SSSR count). The molecular formula is C22H20N2. The molecule has 4 aromatic rings. The lowest BCUT2D eigenvalue weighted by Crippen LogP contribution is -2.11. The van der Waals surface area contributed by atoms with Crippen LogP contribution in [0.3, 0.4) is 0 Å². The molecule has 0 aliphatic carbocycles. The molecule has 3 aromatic carbocycles. The van der Waals surface area contributed by atoms with Crippen molar-refractivity contribution in [1.82, 2.24) is 4.98 Å². The molecule has 2 heteroatoms. The summed E-state index contributed by atoms with van der Waals surface area (Å²) in [6.07, 6.45) is 0.873. The predicted octanol–water partition coefficient (Wildman–Crippen LogP) is 5.46. The van der Waals surface area contributed by atoms with Crippen molar-refractivity contribution in [3.63, 3.8) is 0 Å². The van der Waals surface area contributed by atoms with Gasteiger partial charge in [0.2, 0.25) is 0 Å². The summed E-state index contributed by atoms with van der Waals surface area (Å²) in [6, 6.07) is 25.3. The summed E-state index contributed by atoms with van der Waals surface area (Å²) in [6.45, 7) is 2.10. The number of hydrogen-bond acceptors (Lipinski definition) is 2. The van der Waals surface area contributed by atoms with Crippen molar-refractivity contribution >= 4 is 21.7 Å². The van der Waals surface area contributed by atoms with Gasteiger partial charge in [-0.15, -0.1) is 0 Å². The first-order valence-electron chi connectivity index (χ1n) is 8.41. The van der Waals surface area contributed by atoms with Gasteiger partial charge in [0.05, 0.1) is 11.2 Å². The van der Waals surface area contributed by atoms with Crippen molar-refractivity contribution in [3.05, 3.63) is 78.5 Å². The summed E-state index contributed by atoms with van der Waals surface area (Å²) < 4.78 is 0. The minimum absolute atomic E-state index is 0.0455. The Bertz CT molecular complexity index is 1010. The first kappa shape index (κ1) is 14.9. The third-order valence-electron chi connectivity index (χ3n) is 4.63. The minimum Gasteiger partial charge on any atom is -0.323 e. The topological polar surface area (TPSA) is 38.9 Å². The third-order valence-corrected chi connectivity index (χ3v) is 4.63. The standard InChI is InChI=1S/C22H20N2/c1-2-20(23)21-14-19(15-8-4-3-5-9-15)18-13-12-16-10-6-7-11-17(16)22(18)24-21/h3-14,20H,2,23H2,1H3. The van der Waals surface area contributed by atoms with Crippen LogP contribution in [0.2, 0.25) is 0 Å². The van der Waals surface area contributed by atoms with E-state index in [-0.39, 0.29) is 6.04 Å². The van der Waals surface area contributed by atoms with Gasteiger partial charge in [-0.05, 0) is 29.0 Å². The van der Waals surface area contributed by atoms with Gasteiger partial charge < -0.3 is 5.73 Å². The van der Waals surface area contributed by atoms with Gasteiger partial charge in [0.15, 0.2) is 0 Å². The molecule has 2 nitrogen and oxygen atoms in total. The second kappa shape index (κ2) is 6.06. The molecule has 1 heterocycles. The van der Waals surface area contributed by atoms with Crippen LogP contribution in [0.4, 0.5) is 0 Å². The van der Waals surface area contributed by atoms with Gasteiger partial charge in [-0.3, -0.25) is 4.98 Å². The van der Waals surface area contributed by atoms with Gasteiger partial charge in [-0.2, -0.15) is 0 Å².